The van der Waals surface area contributed by atoms with Crippen LogP contribution < -0.4 is 5.32 Å². The number of hydrogen-bond donors (Lipinski definition) is 3. The summed E-state index contributed by atoms with van der Waals surface area (Å²) in [5.41, 5.74) is 3.29. The fraction of sp³-hybridized carbons (Fsp3) is 0.333. The van der Waals surface area contributed by atoms with Crippen molar-refractivity contribution in [3.8, 4) is 11.3 Å². The predicted octanol–water partition coefficient (Wildman–Crippen LogP) is 3.99. The van der Waals surface area contributed by atoms with Gasteiger partial charge >= 0.3 is 6.09 Å². The summed E-state index contributed by atoms with van der Waals surface area (Å²) in [6.45, 7) is 1.79. The van der Waals surface area contributed by atoms with Crippen molar-refractivity contribution in [3.05, 3.63) is 35.5 Å². The molecule has 0 spiro atoms. The molecule has 1 heterocycles. The number of aromatic nitrogens is 2. The SMILES string of the molecule is Cc1ccc(-c2cc(C3CC(F)(F)C3)[nH]n2)cc1NC(=O)O. The molecule has 0 radical (unpaired) electrons. The number of anilines is 1. The van der Waals surface area contributed by atoms with E-state index in [9.17, 15) is 13.6 Å². The second-order valence-electron chi connectivity index (χ2n) is 5.63. The first-order chi connectivity index (χ1) is 10.3. The zero-order valence-electron chi connectivity index (χ0n) is 11.9. The Morgan fingerprint density at radius 1 is 1.41 bits per heavy atom. The number of halogens is 2. The molecule has 116 valence electrons. The number of rotatable bonds is 3. The van der Waals surface area contributed by atoms with Gasteiger partial charge in [0.25, 0.3) is 0 Å². The van der Waals surface area contributed by atoms with E-state index in [-0.39, 0.29) is 18.8 Å². The number of carboxylic acid groups (broad SMARTS) is 1. The number of amides is 1. The van der Waals surface area contributed by atoms with E-state index in [0.29, 0.717) is 17.1 Å². The summed E-state index contributed by atoms with van der Waals surface area (Å²) < 4.78 is 25.8. The van der Waals surface area contributed by atoms with Crippen LogP contribution in [0, 0.1) is 6.92 Å². The normalized spacial score (nSPS) is 17.0. The summed E-state index contributed by atoms with van der Waals surface area (Å²) in [6, 6.07) is 7.03. The number of aromatic amines is 1. The molecule has 7 heteroatoms. The van der Waals surface area contributed by atoms with Crippen molar-refractivity contribution < 1.29 is 18.7 Å². The highest BCUT2D eigenvalue weighted by Crippen LogP contribution is 2.48. The third-order valence-electron chi connectivity index (χ3n) is 3.90. The van der Waals surface area contributed by atoms with Gasteiger partial charge in [-0.3, -0.25) is 10.4 Å². The molecule has 0 atom stereocenters. The maximum atomic E-state index is 12.9. The van der Waals surface area contributed by atoms with Gasteiger partial charge in [0.1, 0.15) is 0 Å². The second kappa shape index (κ2) is 5.08. The Morgan fingerprint density at radius 2 is 2.14 bits per heavy atom. The van der Waals surface area contributed by atoms with Gasteiger partial charge < -0.3 is 5.11 Å². The van der Waals surface area contributed by atoms with Gasteiger partial charge in [0.05, 0.1) is 5.69 Å². The highest BCUT2D eigenvalue weighted by Gasteiger charge is 2.46. The van der Waals surface area contributed by atoms with Crippen LogP contribution in [-0.4, -0.2) is 27.3 Å². The minimum atomic E-state index is -2.57. The van der Waals surface area contributed by atoms with E-state index >= 15 is 0 Å². The predicted molar refractivity (Wildman–Crippen MR) is 77.3 cm³/mol. The minimum Gasteiger partial charge on any atom is -0.465 e. The van der Waals surface area contributed by atoms with E-state index in [0.717, 1.165) is 11.1 Å². The van der Waals surface area contributed by atoms with E-state index in [2.05, 4.69) is 15.5 Å². The molecule has 1 aliphatic rings. The largest absolute Gasteiger partial charge is 0.465 e. The molecule has 1 saturated carbocycles. The van der Waals surface area contributed by atoms with Crippen molar-refractivity contribution in [3.63, 3.8) is 0 Å². The Morgan fingerprint density at radius 3 is 2.77 bits per heavy atom. The fourth-order valence-corrected chi connectivity index (χ4v) is 2.61. The molecule has 1 aliphatic carbocycles. The van der Waals surface area contributed by atoms with Crippen molar-refractivity contribution in [1.29, 1.82) is 0 Å². The van der Waals surface area contributed by atoms with Crippen LogP contribution in [0.1, 0.15) is 30.0 Å². The van der Waals surface area contributed by atoms with Gasteiger partial charge in [0, 0.05) is 35.7 Å². The lowest BCUT2D eigenvalue weighted by Gasteiger charge is -2.33. The van der Waals surface area contributed by atoms with E-state index in [1.165, 1.54) is 0 Å². The molecule has 0 aliphatic heterocycles. The van der Waals surface area contributed by atoms with Gasteiger partial charge in [0.2, 0.25) is 5.92 Å². The lowest BCUT2D eigenvalue weighted by Crippen LogP contribution is -2.33. The van der Waals surface area contributed by atoms with E-state index in [1.807, 2.05) is 6.07 Å². The van der Waals surface area contributed by atoms with Gasteiger partial charge in [-0.05, 0) is 24.6 Å². The topological polar surface area (TPSA) is 78.0 Å². The lowest BCUT2D eigenvalue weighted by atomic mass is 9.79. The fourth-order valence-electron chi connectivity index (χ4n) is 2.61. The first-order valence-corrected chi connectivity index (χ1v) is 6.88. The lowest BCUT2D eigenvalue weighted by molar-refractivity contribution is -0.0876. The number of hydrogen-bond acceptors (Lipinski definition) is 2. The van der Waals surface area contributed by atoms with Crippen LogP contribution in [0.15, 0.2) is 24.3 Å². The molecule has 22 heavy (non-hydrogen) atoms. The van der Waals surface area contributed by atoms with Crippen LogP contribution in [0.5, 0.6) is 0 Å². The monoisotopic (exact) mass is 307 g/mol. The van der Waals surface area contributed by atoms with E-state index in [4.69, 9.17) is 5.11 Å². The van der Waals surface area contributed by atoms with Gasteiger partial charge in [0.15, 0.2) is 0 Å². The smallest absolute Gasteiger partial charge is 0.409 e. The number of alkyl halides is 2. The molecule has 1 aromatic carbocycles. The quantitative estimate of drug-likeness (QED) is 0.802. The molecule has 1 aromatic heterocycles. The number of benzene rings is 1. The molecule has 3 rings (SSSR count). The average Bonchev–Trinajstić information content (AvgIpc) is 2.87. The van der Waals surface area contributed by atoms with Crippen LogP contribution in [0.2, 0.25) is 0 Å². The van der Waals surface area contributed by atoms with Crippen LogP contribution in [0.4, 0.5) is 19.3 Å². The molecule has 0 bridgehead atoms. The number of nitrogens with zero attached hydrogens (tertiary/aromatic N) is 1. The molecular weight excluding hydrogens is 292 g/mol. The maximum absolute atomic E-state index is 12.9. The molecule has 5 nitrogen and oxygen atoms in total. The van der Waals surface area contributed by atoms with Crippen molar-refractivity contribution >= 4 is 11.8 Å². The van der Waals surface area contributed by atoms with Gasteiger partial charge in [-0.2, -0.15) is 5.10 Å². The third-order valence-corrected chi connectivity index (χ3v) is 3.90. The van der Waals surface area contributed by atoms with Crippen LogP contribution >= 0.6 is 0 Å². The molecular formula is C15H15F2N3O2. The van der Waals surface area contributed by atoms with Crippen LogP contribution in [0.25, 0.3) is 11.3 Å². The van der Waals surface area contributed by atoms with Crippen LogP contribution in [-0.2, 0) is 0 Å². The zero-order valence-corrected chi connectivity index (χ0v) is 11.9. The Labute approximate surface area is 125 Å². The third kappa shape index (κ3) is 2.79. The summed E-state index contributed by atoms with van der Waals surface area (Å²) >= 11 is 0. The molecule has 0 saturated heterocycles. The van der Waals surface area contributed by atoms with Gasteiger partial charge in [-0.15, -0.1) is 0 Å². The number of H-pyrrole nitrogens is 1. The number of carbonyl (C=O) groups is 1. The van der Waals surface area contributed by atoms with Crippen molar-refractivity contribution in [2.75, 3.05) is 5.32 Å². The molecule has 0 unspecified atom stereocenters. The Hall–Kier alpha value is -2.44. The average molecular weight is 307 g/mol. The Bertz CT molecular complexity index is 719. The number of aryl methyl sites for hydroxylation is 1. The summed E-state index contributed by atoms with van der Waals surface area (Å²) in [7, 11) is 0. The highest BCUT2D eigenvalue weighted by molar-refractivity contribution is 5.85. The standard InChI is InChI=1S/C15H15F2N3O2/c1-8-2-3-9(4-11(8)18-14(21)22)12-5-13(20-19-12)10-6-15(16,17)7-10/h2-5,10,18H,6-7H2,1H3,(H,19,20)(H,21,22). The summed E-state index contributed by atoms with van der Waals surface area (Å²) in [5.74, 6) is -2.77. The summed E-state index contributed by atoms with van der Waals surface area (Å²) in [6.07, 6.45) is -1.46. The van der Waals surface area contributed by atoms with E-state index in [1.54, 1.807) is 25.1 Å². The number of nitrogens with one attached hydrogen (secondary N) is 2. The second-order valence-corrected chi connectivity index (χ2v) is 5.63. The first-order valence-electron chi connectivity index (χ1n) is 6.88. The van der Waals surface area contributed by atoms with Crippen molar-refractivity contribution in [2.24, 2.45) is 0 Å². The van der Waals surface area contributed by atoms with Crippen LogP contribution in [0.3, 0.4) is 0 Å². The molecule has 3 N–H and O–H groups in total. The Kier molecular flexibility index (Phi) is 3.35. The first kappa shape index (κ1) is 14.5. The van der Waals surface area contributed by atoms with E-state index < -0.39 is 12.0 Å². The molecule has 1 amide bonds. The van der Waals surface area contributed by atoms with Gasteiger partial charge in [-0.1, -0.05) is 12.1 Å². The minimum absolute atomic E-state index is 0.158. The summed E-state index contributed by atoms with van der Waals surface area (Å²) in [5, 5.41) is 18.1. The highest BCUT2D eigenvalue weighted by atomic mass is 19.3. The zero-order chi connectivity index (χ0) is 15.9. The van der Waals surface area contributed by atoms with Gasteiger partial charge in [-0.25, -0.2) is 13.6 Å². The maximum Gasteiger partial charge on any atom is 0.409 e. The molecule has 2 aromatic rings. The Balaban J connectivity index is 1.83. The summed E-state index contributed by atoms with van der Waals surface area (Å²) in [4.78, 5) is 10.8. The van der Waals surface area contributed by atoms with Crippen molar-refractivity contribution in [2.45, 2.75) is 31.6 Å². The molecule has 1 fully saturated rings. The van der Waals surface area contributed by atoms with Crippen molar-refractivity contribution in [1.82, 2.24) is 10.2 Å².